The third-order valence-electron chi connectivity index (χ3n) is 4.52. The fraction of sp³-hybridized carbons (Fsp3) is 0.211. The van der Waals surface area contributed by atoms with Gasteiger partial charge in [-0.25, -0.2) is 18.1 Å². The third kappa shape index (κ3) is 3.23. The molecule has 0 saturated carbocycles. The highest BCUT2D eigenvalue weighted by Crippen LogP contribution is 2.24. The average molecular weight is 353 g/mol. The van der Waals surface area contributed by atoms with Crippen LogP contribution in [0.3, 0.4) is 0 Å². The molecule has 1 fully saturated rings. The van der Waals surface area contributed by atoms with E-state index >= 15 is 0 Å². The highest BCUT2D eigenvalue weighted by atomic mass is 32.2. The summed E-state index contributed by atoms with van der Waals surface area (Å²) in [6, 6.07) is 18.6. The molecule has 25 heavy (non-hydrogen) atoms. The summed E-state index contributed by atoms with van der Waals surface area (Å²) in [5, 5.41) is 1.67. The van der Waals surface area contributed by atoms with Crippen LogP contribution >= 0.6 is 0 Å². The number of benzene rings is 2. The molecule has 0 radical (unpaired) electrons. The van der Waals surface area contributed by atoms with Crippen molar-refractivity contribution >= 4 is 26.6 Å². The van der Waals surface area contributed by atoms with E-state index in [0.717, 1.165) is 29.6 Å². The Bertz CT molecular complexity index is 984. The molecule has 1 aliphatic heterocycles. The van der Waals surface area contributed by atoms with E-state index in [9.17, 15) is 8.42 Å². The molecule has 4 rings (SSSR count). The van der Waals surface area contributed by atoms with Gasteiger partial charge in [0.25, 0.3) is 0 Å². The molecule has 3 aromatic rings. The first kappa shape index (κ1) is 16.1. The SMILES string of the molecule is O=S(=O)(NC1CCN(c2ccccn2)C1)c1cccc2ccccc12. The van der Waals surface area contributed by atoms with Crippen LogP contribution in [0.1, 0.15) is 6.42 Å². The normalized spacial score (nSPS) is 17.9. The summed E-state index contributed by atoms with van der Waals surface area (Å²) in [6.45, 7) is 1.42. The van der Waals surface area contributed by atoms with Gasteiger partial charge in [-0.05, 0) is 30.0 Å². The summed E-state index contributed by atoms with van der Waals surface area (Å²) in [6.07, 6.45) is 2.52. The lowest BCUT2D eigenvalue weighted by Gasteiger charge is -2.18. The zero-order valence-corrected chi connectivity index (χ0v) is 14.5. The summed E-state index contributed by atoms with van der Waals surface area (Å²) in [5.41, 5.74) is 0. The Morgan fingerprint density at radius 1 is 1.00 bits per heavy atom. The lowest BCUT2D eigenvalue weighted by atomic mass is 10.1. The Morgan fingerprint density at radius 2 is 1.80 bits per heavy atom. The molecule has 0 bridgehead atoms. The average Bonchev–Trinajstić information content (AvgIpc) is 3.10. The molecule has 0 spiro atoms. The second-order valence-corrected chi connectivity index (χ2v) is 7.90. The Morgan fingerprint density at radius 3 is 2.64 bits per heavy atom. The van der Waals surface area contributed by atoms with E-state index in [2.05, 4.69) is 14.6 Å². The van der Waals surface area contributed by atoms with Gasteiger partial charge in [0.15, 0.2) is 0 Å². The fourth-order valence-corrected chi connectivity index (χ4v) is 4.81. The molecule has 1 N–H and O–H groups in total. The topological polar surface area (TPSA) is 62.3 Å². The van der Waals surface area contributed by atoms with E-state index in [0.29, 0.717) is 11.4 Å². The van der Waals surface area contributed by atoms with Gasteiger partial charge in [0.05, 0.1) is 4.90 Å². The van der Waals surface area contributed by atoms with Gasteiger partial charge in [-0.2, -0.15) is 0 Å². The van der Waals surface area contributed by atoms with Gasteiger partial charge in [-0.15, -0.1) is 0 Å². The van der Waals surface area contributed by atoms with Crippen molar-refractivity contribution in [1.82, 2.24) is 9.71 Å². The lowest BCUT2D eigenvalue weighted by molar-refractivity contribution is 0.562. The number of hydrogen-bond acceptors (Lipinski definition) is 4. The van der Waals surface area contributed by atoms with Gasteiger partial charge in [-0.1, -0.05) is 42.5 Å². The Balaban J connectivity index is 1.56. The lowest BCUT2D eigenvalue weighted by Crippen LogP contribution is -2.37. The number of rotatable bonds is 4. The monoisotopic (exact) mass is 353 g/mol. The van der Waals surface area contributed by atoms with Gasteiger partial charge in [0, 0.05) is 30.7 Å². The van der Waals surface area contributed by atoms with Crippen molar-refractivity contribution in [2.24, 2.45) is 0 Å². The standard InChI is InChI=1S/C19H19N3O2S/c23-25(24,18-9-5-7-15-6-1-2-8-17(15)18)21-16-11-13-22(14-16)19-10-3-4-12-20-19/h1-10,12,16,21H,11,13-14H2. The van der Waals surface area contributed by atoms with Crippen LogP contribution in [0.15, 0.2) is 71.8 Å². The van der Waals surface area contributed by atoms with Gasteiger partial charge in [-0.3, -0.25) is 0 Å². The first-order valence-electron chi connectivity index (χ1n) is 8.29. The van der Waals surface area contributed by atoms with Crippen molar-refractivity contribution in [3.05, 3.63) is 66.9 Å². The molecular weight excluding hydrogens is 334 g/mol. The summed E-state index contributed by atoms with van der Waals surface area (Å²) in [4.78, 5) is 6.78. The van der Waals surface area contributed by atoms with E-state index < -0.39 is 10.0 Å². The van der Waals surface area contributed by atoms with Crippen LogP contribution in [-0.2, 0) is 10.0 Å². The third-order valence-corrected chi connectivity index (χ3v) is 6.10. The first-order chi connectivity index (χ1) is 12.1. The van der Waals surface area contributed by atoms with Crippen molar-refractivity contribution in [1.29, 1.82) is 0 Å². The van der Waals surface area contributed by atoms with Crippen molar-refractivity contribution in [3.8, 4) is 0 Å². The maximum absolute atomic E-state index is 12.9. The smallest absolute Gasteiger partial charge is 0.241 e. The number of sulfonamides is 1. The minimum atomic E-state index is -3.57. The summed E-state index contributed by atoms with van der Waals surface area (Å²) in [7, 11) is -3.57. The Hall–Kier alpha value is -2.44. The Labute approximate surface area is 147 Å². The highest BCUT2D eigenvalue weighted by Gasteiger charge is 2.28. The van der Waals surface area contributed by atoms with Gasteiger partial charge in [0.2, 0.25) is 10.0 Å². The summed E-state index contributed by atoms with van der Waals surface area (Å²) in [5.74, 6) is 0.884. The Kier molecular flexibility index (Phi) is 4.15. The van der Waals surface area contributed by atoms with Crippen molar-refractivity contribution in [2.75, 3.05) is 18.0 Å². The molecule has 128 valence electrons. The summed E-state index contributed by atoms with van der Waals surface area (Å²) >= 11 is 0. The van der Waals surface area contributed by atoms with Crippen LogP contribution in [0.4, 0.5) is 5.82 Å². The number of hydrogen-bond donors (Lipinski definition) is 1. The molecular formula is C19H19N3O2S. The van der Waals surface area contributed by atoms with Crippen molar-refractivity contribution in [2.45, 2.75) is 17.4 Å². The molecule has 1 atom stereocenters. The quantitative estimate of drug-likeness (QED) is 0.783. The molecule has 0 aliphatic carbocycles. The fourth-order valence-electron chi connectivity index (χ4n) is 3.32. The minimum Gasteiger partial charge on any atom is -0.355 e. The van der Waals surface area contributed by atoms with Gasteiger partial charge >= 0.3 is 0 Å². The summed E-state index contributed by atoms with van der Waals surface area (Å²) < 4.78 is 28.7. The molecule has 6 heteroatoms. The van der Waals surface area contributed by atoms with E-state index in [1.807, 2.05) is 48.5 Å². The minimum absolute atomic E-state index is 0.119. The number of fused-ring (bicyclic) bond motifs is 1. The maximum atomic E-state index is 12.9. The molecule has 1 saturated heterocycles. The second-order valence-electron chi connectivity index (χ2n) is 6.22. The van der Waals surface area contributed by atoms with Crippen LogP contribution in [0.5, 0.6) is 0 Å². The van der Waals surface area contributed by atoms with E-state index in [4.69, 9.17) is 0 Å². The van der Waals surface area contributed by atoms with Crippen LogP contribution in [0, 0.1) is 0 Å². The van der Waals surface area contributed by atoms with Crippen molar-refractivity contribution in [3.63, 3.8) is 0 Å². The molecule has 1 aliphatic rings. The molecule has 5 nitrogen and oxygen atoms in total. The number of nitrogens with zero attached hydrogens (tertiary/aromatic N) is 2. The van der Waals surface area contributed by atoms with Crippen LogP contribution in [0.2, 0.25) is 0 Å². The van der Waals surface area contributed by atoms with E-state index in [1.165, 1.54) is 0 Å². The number of nitrogens with one attached hydrogen (secondary N) is 1. The number of aromatic nitrogens is 1. The number of anilines is 1. The van der Waals surface area contributed by atoms with E-state index in [-0.39, 0.29) is 6.04 Å². The maximum Gasteiger partial charge on any atom is 0.241 e. The van der Waals surface area contributed by atoms with Crippen LogP contribution < -0.4 is 9.62 Å². The first-order valence-corrected chi connectivity index (χ1v) is 9.78. The zero-order chi connectivity index (χ0) is 17.3. The predicted octanol–water partition coefficient (Wildman–Crippen LogP) is 2.79. The largest absolute Gasteiger partial charge is 0.355 e. The molecule has 0 amide bonds. The predicted molar refractivity (Wildman–Crippen MR) is 99.1 cm³/mol. The van der Waals surface area contributed by atoms with Crippen LogP contribution in [-0.4, -0.2) is 32.5 Å². The van der Waals surface area contributed by atoms with Crippen LogP contribution in [0.25, 0.3) is 10.8 Å². The number of pyridine rings is 1. The molecule has 2 aromatic carbocycles. The van der Waals surface area contributed by atoms with E-state index in [1.54, 1.807) is 18.3 Å². The molecule has 1 unspecified atom stereocenters. The second kappa shape index (κ2) is 6.46. The zero-order valence-electron chi connectivity index (χ0n) is 13.7. The van der Waals surface area contributed by atoms with Gasteiger partial charge in [0.1, 0.15) is 5.82 Å². The molecule has 2 heterocycles. The highest BCUT2D eigenvalue weighted by molar-refractivity contribution is 7.89. The van der Waals surface area contributed by atoms with Gasteiger partial charge < -0.3 is 4.90 Å². The molecule has 1 aromatic heterocycles. The van der Waals surface area contributed by atoms with Crippen molar-refractivity contribution < 1.29 is 8.42 Å².